The van der Waals surface area contributed by atoms with Crippen LogP contribution in [0.4, 0.5) is 0 Å². The average molecular weight is 218 g/mol. The number of hydrogen-bond donors (Lipinski definition) is 2. The van der Waals surface area contributed by atoms with Crippen LogP contribution >= 0.6 is 0 Å². The van der Waals surface area contributed by atoms with E-state index in [0.29, 0.717) is 13.0 Å². The molecule has 0 aromatic heterocycles. The van der Waals surface area contributed by atoms with E-state index in [-0.39, 0.29) is 6.04 Å². The van der Waals surface area contributed by atoms with Crippen LogP contribution in [0.3, 0.4) is 0 Å². The van der Waals surface area contributed by atoms with Gasteiger partial charge in [-0.1, -0.05) is 12.1 Å². The molecule has 0 bridgehead atoms. The van der Waals surface area contributed by atoms with Crippen LogP contribution in [0, 0.1) is 12.3 Å². The van der Waals surface area contributed by atoms with Crippen LogP contribution in [0.15, 0.2) is 24.3 Å². The zero-order valence-corrected chi connectivity index (χ0v) is 9.57. The van der Waals surface area contributed by atoms with Gasteiger partial charge in [0.15, 0.2) is 0 Å². The van der Waals surface area contributed by atoms with Crippen molar-refractivity contribution in [2.24, 2.45) is 5.73 Å². The molecule has 0 saturated heterocycles. The Hall–Kier alpha value is -1.50. The Morgan fingerprint density at radius 3 is 2.62 bits per heavy atom. The van der Waals surface area contributed by atoms with Gasteiger partial charge in [-0.25, -0.2) is 0 Å². The zero-order chi connectivity index (χ0) is 11.8. The molecule has 0 heterocycles. The van der Waals surface area contributed by atoms with E-state index in [1.807, 2.05) is 24.3 Å². The highest BCUT2D eigenvalue weighted by atomic mass is 16.5. The quantitative estimate of drug-likeness (QED) is 0.559. The minimum absolute atomic E-state index is 0.152. The number of ether oxygens (including phenoxy) is 1. The third-order valence-electron chi connectivity index (χ3n) is 2.41. The minimum Gasteiger partial charge on any atom is -0.497 e. The fraction of sp³-hybridized carbons (Fsp3) is 0.385. The van der Waals surface area contributed by atoms with Crippen molar-refractivity contribution in [1.29, 1.82) is 0 Å². The van der Waals surface area contributed by atoms with Gasteiger partial charge in [-0.3, -0.25) is 0 Å². The summed E-state index contributed by atoms with van der Waals surface area (Å²) in [7, 11) is 1.65. The molecule has 1 rings (SSSR count). The molecule has 0 aliphatic rings. The highest BCUT2D eigenvalue weighted by molar-refractivity contribution is 5.29. The van der Waals surface area contributed by atoms with E-state index >= 15 is 0 Å². The van der Waals surface area contributed by atoms with Crippen molar-refractivity contribution in [2.45, 2.75) is 12.5 Å². The second-order valence-corrected chi connectivity index (χ2v) is 3.47. The first-order valence-corrected chi connectivity index (χ1v) is 5.32. The first kappa shape index (κ1) is 12.6. The maximum absolute atomic E-state index is 5.71. The van der Waals surface area contributed by atoms with Crippen LogP contribution in [0.5, 0.6) is 5.75 Å². The highest BCUT2D eigenvalue weighted by Crippen LogP contribution is 2.16. The van der Waals surface area contributed by atoms with Gasteiger partial charge >= 0.3 is 0 Å². The molecule has 0 spiro atoms. The van der Waals surface area contributed by atoms with Gasteiger partial charge in [-0.15, -0.1) is 12.3 Å². The van der Waals surface area contributed by atoms with E-state index in [9.17, 15) is 0 Å². The Kier molecular flexibility index (Phi) is 5.41. The van der Waals surface area contributed by atoms with Crippen LogP contribution in [-0.2, 0) is 0 Å². The summed E-state index contributed by atoms with van der Waals surface area (Å²) in [6.45, 7) is 1.33. The molecule has 1 unspecified atom stereocenters. The fourth-order valence-corrected chi connectivity index (χ4v) is 1.49. The summed E-state index contributed by atoms with van der Waals surface area (Å²) in [4.78, 5) is 0. The second kappa shape index (κ2) is 6.89. The van der Waals surface area contributed by atoms with Crippen molar-refractivity contribution in [3.8, 4) is 18.1 Å². The van der Waals surface area contributed by atoms with Crippen LogP contribution in [0.1, 0.15) is 18.0 Å². The molecule has 3 nitrogen and oxygen atoms in total. The summed E-state index contributed by atoms with van der Waals surface area (Å²) >= 11 is 0. The predicted molar refractivity (Wildman–Crippen MR) is 66.2 cm³/mol. The number of benzene rings is 1. The van der Waals surface area contributed by atoms with Crippen molar-refractivity contribution in [2.75, 3.05) is 20.2 Å². The molecular formula is C13H18N2O. The Morgan fingerprint density at radius 1 is 1.44 bits per heavy atom. The SMILES string of the molecule is C#CCCNC(CN)c1ccc(OC)cc1. The third kappa shape index (κ3) is 3.58. The molecule has 0 aliphatic heterocycles. The number of nitrogens with one attached hydrogen (secondary N) is 1. The molecule has 3 N–H and O–H groups in total. The molecule has 0 radical (unpaired) electrons. The molecule has 1 aromatic rings. The summed E-state index contributed by atoms with van der Waals surface area (Å²) in [5.41, 5.74) is 6.87. The maximum Gasteiger partial charge on any atom is 0.118 e. The maximum atomic E-state index is 5.71. The first-order chi connectivity index (χ1) is 7.81. The van der Waals surface area contributed by atoms with Crippen LogP contribution in [-0.4, -0.2) is 20.2 Å². The largest absolute Gasteiger partial charge is 0.497 e. The van der Waals surface area contributed by atoms with E-state index in [1.54, 1.807) is 7.11 Å². The predicted octanol–water partition coefficient (Wildman–Crippen LogP) is 1.31. The fourth-order valence-electron chi connectivity index (χ4n) is 1.49. The molecule has 16 heavy (non-hydrogen) atoms. The molecule has 1 atom stereocenters. The molecular weight excluding hydrogens is 200 g/mol. The molecule has 0 fully saturated rings. The van der Waals surface area contributed by atoms with Gasteiger partial charge in [0.2, 0.25) is 0 Å². The van der Waals surface area contributed by atoms with E-state index in [0.717, 1.165) is 17.9 Å². The molecule has 0 aliphatic carbocycles. The van der Waals surface area contributed by atoms with Crippen molar-refractivity contribution in [3.63, 3.8) is 0 Å². The lowest BCUT2D eigenvalue weighted by atomic mass is 10.1. The number of rotatable bonds is 6. The van der Waals surface area contributed by atoms with E-state index in [1.165, 1.54) is 0 Å². The molecule has 0 amide bonds. The minimum atomic E-state index is 0.152. The monoisotopic (exact) mass is 218 g/mol. The van der Waals surface area contributed by atoms with Crippen molar-refractivity contribution >= 4 is 0 Å². The molecule has 3 heteroatoms. The van der Waals surface area contributed by atoms with Gasteiger partial charge in [-0.2, -0.15) is 0 Å². The molecule has 0 saturated carbocycles. The molecule has 1 aromatic carbocycles. The number of terminal acetylenes is 1. The summed E-state index contributed by atoms with van der Waals surface area (Å²) in [5.74, 6) is 3.44. The Balaban J connectivity index is 2.60. The zero-order valence-electron chi connectivity index (χ0n) is 9.57. The van der Waals surface area contributed by atoms with Crippen molar-refractivity contribution < 1.29 is 4.74 Å². The number of nitrogens with two attached hydrogens (primary N) is 1. The summed E-state index contributed by atoms with van der Waals surface area (Å²) in [6.07, 6.45) is 5.91. The van der Waals surface area contributed by atoms with E-state index < -0.39 is 0 Å². The lowest BCUT2D eigenvalue weighted by molar-refractivity contribution is 0.414. The molecule has 86 valence electrons. The van der Waals surface area contributed by atoms with Gasteiger partial charge < -0.3 is 15.8 Å². The number of hydrogen-bond acceptors (Lipinski definition) is 3. The lowest BCUT2D eigenvalue weighted by Crippen LogP contribution is -2.28. The van der Waals surface area contributed by atoms with Crippen LogP contribution < -0.4 is 15.8 Å². The summed E-state index contributed by atoms with van der Waals surface area (Å²) in [6, 6.07) is 8.04. The Morgan fingerprint density at radius 2 is 2.12 bits per heavy atom. The normalized spacial score (nSPS) is 11.8. The topological polar surface area (TPSA) is 47.3 Å². The average Bonchev–Trinajstić information content (AvgIpc) is 2.35. The Bertz CT molecular complexity index is 340. The van der Waals surface area contributed by atoms with E-state index in [4.69, 9.17) is 16.9 Å². The smallest absolute Gasteiger partial charge is 0.118 e. The van der Waals surface area contributed by atoms with Crippen molar-refractivity contribution in [1.82, 2.24) is 5.32 Å². The van der Waals surface area contributed by atoms with E-state index in [2.05, 4.69) is 11.2 Å². The van der Waals surface area contributed by atoms with Gasteiger partial charge in [-0.05, 0) is 17.7 Å². The number of methoxy groups -OCH3 is 1. The highest BCUT2D eigenvalue weighted by Gasteiger charge is 2.07. The Labute approximate surface area is 97.0 Å². The van der Waals surface area contributed by atoms with Crippen LogP contribution in [0.25, 0.3) is 0 Å². The lowest BCUT2D eigenvalue weighted by Gasteiger charge is -2.16. The van der Waals surface area contributed by atoms with Gasteiger partial charge in [0.25, 0.3) is 0 Å². The van der Waals surface area contributed by atoms with Gasteiger partial charge in [0.1, 0.15) is 5.75 Å². The summed E-state index contributed by atoms with van der Waals surface area (Å²) < 4.78 is 5.10. The summed E-state index contributed by atoms with van der Waals surface area (Å²) in [5, 5.41) is 3.32. The van der Waals surface area contributed by atoms with Crippen LogP contribution in [0.2, 0.25) is 0 Å². The van der Waals surface area contributed by atoms with Gasteiger partial charge in [0.05, 0.1) is 7.11 Å². The second-order valence-electron chi connectivity index (χ2n) is 3.47. The standard InChI is InChI=1S/C13H18N2O/c1-3-4-9-15-13(10-14)11-5-7-12(16-2)8-6-11/h1,5-8,13,15H,4,9-10,14H2,2H3. The third-order valence-corrected chi connectivity index (χ3v) is 2.41. The first-order valence-electron chi connectivity index (χ1n) is 5.32. The van der Waals surface area contributed by atoms with Gasteiger partial charge in [0, 0.05) is 25.6 Å². The van der Waals surface area contributed by atoms with Crippen molar-refractivity contribution in [3.05, 3.63) is 29.8 Å².